The van der Waals surface area contributed by atoms with E-state index in [2.05, 4.69) is 57.2 Å². The lowest BCUT2D eigenvalue weighted by atomic mass is 10.1. The molecule has 3 heteroatoms. The minimum Gasteiger partial charge on any atom is -0.510 e. The first-order chi connectivity index (χ1) is 13.4. The van der Waals surface area contributed by atoms with Gasteiger partial charge in [0.05, 0.1) is 0 Å². The van der Waals surface area contributed by atoms with Crippen molar-refractivity contribution in [2.24, 2.45) is 0 Å². The van der Waals surface area contributed by atoms with E-state index in [1.54, 1.807) is 0 Å². The summed E-state index contributed by atoms with van der Waals surface area (Å²) in [5.41, 5.74) is 1.15. The number of carbonyl (C=O) groups is 1. The summed E-state index contributed by atoms with van der Waals surface area (Å²) < 4.78 is 6.50. The molecule has 0 atom stereocenters. The van der Waals surface area contributed by atoms with Crippen LogP contribution in [0.2, 0.25) is 5.04 Å². The van der Waals surface area contributed by atoms with E-state index < -0.39 is 8.32 Å². The highest BCUT2D eigenvalue weighted by molar-refractivity contribution is 7.00. The predicted molar refractivity (Wildman–Crippen MR) is 118 cm³/mol. The molecule has 0 saturated heterocycles. The van der Waals surface area contributed by atoms with E-state index in [0.29, 0.717) is 12.8 Å². The molecule has 0 amide bonds. The van der Waals surface area contributed by atoms with Gasteiger partial charge in [0.15, 0.2) is 0 Å². The number of hydrogen-bond donors (Lipinski definition) is 0. The summed E-state index contributed by atoms with van der Waals surface area (Å²) in [7, 11) is -2.80. The van der Waals surface area contributed by atoms with Crippen molar-refractivity contribution in [3.8, 4) is 0 Å². The molecule has 0 radical (unpaired) electrons. The summed E-state index contributed by atoms with van der Waals surface area (Å²) in [6, 6.07) is 30.7. The Hall–Kier alpha value is -2.65. The summed E-state index contributed by atoms with van der Waals surface area (Å²) >= 11 is 0. The van der Waals surface area contributed by atoms with E-state index in [1.165, 1.54) is 0 Å². The fraction of sp³-hybridized carbons (Fsp3) is 0.240. The maximum absolute atomic E-state index is 13.0. The lowest BCUT2D eigenvalue weighted by Crippen LogP contribution is -2.67. The van der Waals surface area contributed by atoms with Crippen LogP contribution >= 0.6 is 0 Å². The second-order valence-electron chi connectivity index (χ2n) is 8.12. The average Bonchev–Trinajstić information content (AvgIpc) is 2.71. The summed E-state index contributed by atoms with van der Waals surface area (Å²) in [5, 5.41) is 2.06. The summed E-state index contributed by atoms with van der Waals surface area (Å²) in [4.78, 5) is 13.0. The van der Waals surface area contributed by atoms with Crippen molar-refractivity contribution in [1.82, 2.24) is 0 Å². The minimum absolute atomic E-state index is 0.127. The van der Waals surface area contributed by atoms with E-state index in [9.17, 15) is 4.79 Å². The maximum Gasteiger partial charge on any atom is 0.323 e. The number of rotatable bonds is 6. The van der Waals surface area contributed by atoms with E-state index in [-0.39, 0.29) is 11.0 Å². The Morgan fingerprint density at radius 2 is 1.18 bits per heavy atom. The summed E-state index contributed by atoms with van der Waals surface area (Å²) in [6.07, 6.45) is 1.08. The smallest absolute Gasteiger partial charge is 0.323 e. The van der Waals surface area contributed by atoms with Gasteiger partial charge in [0.2, 0.25) is 0 Å². The van der Waals surface area contributed by atoms with E-state index in [4.69, 9.17) is 4.43 Å². The van der Waals surface area contributed by atoms with Crippen molar-refractivity contribution < 1.29 is 9.22 Å². The first kappa shape index (κ1) is 20.1. The second-order valence-corrected chi connectivity index (χ2v) is 12.3. The van der Waals surface area contributed by atoms with Gasteiger partial charge in [0.1, 0.15) is 0 Å². The Morgan fingerprint density at radius 1 is 0.750 bits per heavy atom. The Labute approximate surface area is 169 Å². The van der Waals surface area contributed by atoms with Crippen LogP contribution in [0.3, 0.4) is 0 Å². The number of hydrogen-bond acceptors (Lipinski definition) is 2. The highest BCUT2D eigenvalue weighted by atomic mass is 28.4. The van der Waals surface area contributed by atoms with Crippen molar-refractivity contribution in [3.05, 3.63) is 96.6 Å². The molecule has 3 aromatic rings. The van der Waals surface area contributed by atoms with Gasteiger partial charge in [-0.15, -0.1) is 0 Å². The van der Waals surface area contributed by atoms with Crippen LogP contribution in [-0.2, 0) is 15.6 Å². The van der Waals surface area contributed by atoms with Gasteiger partial charge >= 0.3 is 8.32 Å². The van der Waals surface area contributed by atoms with Crippen LogP contribution in [0.15, 0.2) is 91.0 Å². The Bertz CT molecular complexity index is 845. The molecule has 0 fully saturated rings. The topological polar surface area (TPSA) is 26.3 Å². The molecule has 144 valence electrons. The molecule has 0 heterocycles. The highest BCUT2D eigenvalue weighted by Crippen LogP contribution is 2.37. The van der Waals surface area contributed by atoms with Crippen LogP contribution in [0.1, 0.15) is 32.8 Å². The molecule has 0 saturated carbocycles. The minimum atomic E-state index is -2.80. The van der Waals surface area contributed by atoms with Gasteiger partial charge in [0, 0.05) is 6.42 Å². The summed E-state index contributed by atoms with van der Waals surface area (Å²) in [6.45, 7) is 6.55. The molecule has 0 aliphatic heterocycles. The average molecular weight is 389 g/mol. The first-order valence-corrected chi connectivity index (χ1v) is 11.7. The molecule has 0 spiro atoms. The van der Waals surface area contributed by atoms with Gasteiger partial charge in [-0.25, -0.2) is 0 Å². The first-order valence-electron chi connectivity index (χ1n) is 9.80. The molecule has 0 aliphatic rings. The summed E-state index contributed by atoms with van der Waals surface area (Å²) in [5.74, 6) is -0.127. The van der Waals surface area contributed by atoms with Crippen molar-refractivity contribution in [3.63, 3.8) is 0 Å². The third kappa shape index (κ3) is 4.25. The largest absolute Gasteiger partial charge is 0.510 e. The normalized spacial score (nSPS) is 11.8. The van der Waals surface area contributed by atoms with Crippen LogP contribution in [0.25, 0.3) is 0 Å². The van der Waals surface area contributed by atoms with Crippen molar-refractivity contribution in [2.75, 3.05) is 0 Å². The van der Waals surface area contributed by atoms with Crippen LogP contribution in [-0.4, -0.2) is 14.3 Å². The number of carbonyl (C=O) groups excluding carboxylic acids is 1. The van der Waals surface area contributed by atoms with Crippen LogP contribution in [0, 0.1) is 0 Å². The fourth-order valence-corrected chi connectivity index (χ4v) is 8.14. The van der Waals surface area contributed by atoms with Crippen molar-refractivity contribution in [2.45, 2.75) is 38.7 Å². The fourth-order valence-electron chi connectivity index (χ4n) is 3.76. The molecule has 28 heavy (non-hydrogen) atoms. The molecule has 0 aromatic heterocycles. The molecule has 2 nitrogen and oxygen atoms in total. The molecular formula is C25H28O2Si. The van der Waals surface area contributed by atoms with E-state index in [1.807, 2.05) is 54.6 Å². The number of benzene rings is 3. The molecule has 3 aromatic carbocycles. The van der Waals surface area contributed by atoms with Crippen LogP contribution in [0.5, 0.6) is 0 Å². The van der Waals surface area contributed by atoms with Gasteiger partial charge in [0.25, 0.3) is 5.97 Å². The Balaban J connectivity index is 1.97. The zero-order chi connectivity index (χ0) is 20.0. The molecule has 0 unspecified atom stereocenters. The van der Waals surface area contributed by atoms with Gasteiger partial charge < -0.3 is 4.43 Å². The van der Waals surface area contributed by atoms with E-state index >= 15 is 0 Å². The van der Waals surface area contributed by atoms with Gasteiger partial charge in [-0.2, -0.15) is 0 Å². The third-order valence-corrected chi connectivity index (χ3v) is 10.1. The Morgan fingerprint density at radius 3 is 1.61 bits per heavy atom. The molecule has 0 N–H and O–H groups in total. The lowest BCUT2D eigenvalue weighted by Gasteiger charge is -2.42. The third-order valence-electron chi connectivity index (χ3n) is 5.14. The zero-order valence-corrected chi connectivity index (χ0v) is 17.9. The quantitative estimate of drug-likeness (QED) is 0.571. The predicted octanol–water partition coefficient (Wildman–Crippen LogP) is 4.72. The van der Waals surface area contributed by atoms with Gasteiger partial charge in [-0.1, -0.05) is 112 Å². The Kier molecular flexibility index (Phi) is 6.15. The lowest BCUT2D eigenvalue weighted by molar-refractivity contribution is -0.135. The molecule has 0 aliphatic carbocycles. The van der Waals surface area contributed by atoms with Crippen molar-refractivity contribution in [1.29, 1.82) is 0 Å². The highest BCUT2D eigenvalue weighted by Gasteiger charge is 2.52. The number of aryl methyl sites for hydroxylation is 1. The van der Waals surface area contributed by atoms with Crippen LogP contribution in [0.4, 0.5) is 0 Å². The van der Waals surface area contributed by atoms with E-state index in [0.717, 1.165) is 15.9 Å². The zero-order valence-electron chi connectivity index (χ0n) is 16.9. The van der Waals surface area contributed by atoms with Gasteiger partial charge in [-0.05, 0) is 27.4 Å². The molecule has 3 rings (SSSR count). The van der Waals surface area contributed by atoms with Crippen LogP contribution < -0.4 is 10.4 Å². The second kappa shape index (κ2) is 8.57. The molecular weight excluding hydrogens is 360 g/mol. The standard InChI is InChI=1S/C25H28O2Si/c1-25(2,3)28(22-15-9-5-10-16-22,23-17-11-6-12-18-23)27-24(26)20-19-21-13-7-4-8-14-21/h4-18H,19-20H2,1-3H3. The maximum atomic E-state index is 13.0. The van der Waals surface area contributed by atoms with Gasteiger partial charge in [-0.3, -0.25) is 4.79 Å². The SMILES string of the molecule is CC(C)(C)[Si](OC(=O)CCc1ccccc1)(c1ccccc1)c1ccccc1. The monoisotopic (exact) mass is 388 g/mol. The van der Waals surface area contributed by atoms with Crippen molar-refractivity contribution >= 4 is 24.7 Å². The molecule has 0 bridgehead atoms.